The summed E-state index contributed by atoms with van der Waals surface area (Å²) in [5.41, 5.74) is 8.76. The molecule has 0 aliphatic carbocycles. The molecule has 21 heavy (non-hydrogen) atoms. The Hall–Kier alpha value is -2.37. The lowest BCUT2D eigenvalue weighted by atomic mass is 10.3. The third-order valence-electron chi connectivity index (χ3n) is 1.99. The van der Waals surface area contributed by atoms with Crippen molar-refractivity contribution < 1.29 is 26.0 Å². The van der Waals surface area contributed by atoms with Gasteiger partial charge in [0, 0.05) is 0 Å². The SMILES string of the molecule is NC(N)=NC(N)=Nc1ccc(F)cc1S(=O)(=O)C(F)(F)F. The van der Waals surface area contributed by atoms with Crippen LogP contribution < -0.4 is 17.2 Å². The molecule has 0 aliphatic rings. The van der Waals surface area contributed by atoms with Crippen molar-refractivity contribution in [3.63, 3.8) is 0 Å². The van der Waals surface area contributed by atoms with Gasteiger partial charge in [0.2, 0.25) is 5.96 Å². The van der Waals surface area contributed by atoms with E-state index in [9.17, 15) is 26.0 Å². The first-order chi connectivity index (χ1) is 9.45. The average molecular weight is 327 g/mol. The predicted molar refractivity (Wildman–Crippen MR) is 66.7 cm³/mol. The van der Waals surface area contributed by atoms with E-state index in [2.05, 4.69) is 9.98 Å². The van der Waals surface area contributed by atoms with Crippen molar-refractivity contribution >= 4 is 27.4 Å². The zero-order chi connectivity index (χ0) is 16.4. The Morgan fingerprint density at radius 3 is 2.19 bits per heavy atom. The quantitative estimate of drug-likeness (QED) is 0.408. The molecule has 0 fully saturated rings. The summed E-state index contributed by atoms with van der Waals surface area (Å²) in [5.74, 6) is -2.43. The molecule has 0 unspecified atom stereocenters. The van der Waals surface area contributed by atoms with E-state index >= 15 is 0 Å². The first-order valence-electron chi connectivity index (χ1n) is 5.00. The molecule has 1 rings (SSSR count). The molecule has 116 valence electrons. The van der Waals surface area contributed by atoms with Crippen molar-refractivity contribution in [3.05, 3.63) is 24.0 Å². The van der Waals surface area contributed by atoms with Crippen LogP contribution in [-0.2, 0) is 9.84 Å². The number of hydrogen-bond donors (Lipinski definition) is 3. The molecule has 1 aromatic rings. The third kappa shape index (κ3) is 3.81. The maximum absolute atomic E-state index is 13.0. The Bertz CT molecular complexity index is 707. The summed E-state index contributed by atoms with van der Waals surface area (Å²) in [6.07, 6.45) is 0. The molecule has 0 bridgehead atoms. The van der Waals surface area contributed by atoms with Crippen LogP contribution in [0.15, 0.2) is 33.1 Å². The smallest absolute Gasteiger partial charge is 0.370 e. The number of rotatable bonds is 2. The second kappa shape index (κ2) is 5.55. The predicted octanol–water partition coefficient (Wildman–Crippen LogP) is 0.339. The van der Waals surface area contributed by atoms with Crippen LogP contribution in [-0.4, -0.2) is 25.8 Å². The second-order valence-corrected chi connectivity index (χ2v) is 5.48. The van der Waals surface area contributed by atoms with Gasteiger partial charge in [-0.05, 0) is 18.2 Å². The van der Waals surface area contributed by atoms with E-state index in [4.69, 9.17) is 17.2 Å². The molecule has 0 atom stereocenters. The first-order valence-corrected chi connectivity index (χ1v) is 6.48. The topological polar surface area (TPSA) is 137 Å². The molecule has 7 nitrogen and oxygen atoms in total. The Balaban J connectivity index is 3.55. The Morgan fingerprint density at radius 2 is 1.71 bits per heavy atom. The van der Waals surface area contributed by atoms with Gasteiger partial charge in [0.1, 0.15) is 10.7 Å². The minimum atomic E-state index is -5.82. The summed E-state index contributed by atoms with van der Waals surface area (Å²) >= 11 is 0. The lowest BCUT2D eigenvalue weighted by Crippen LogP contribution is -2.26. The number of benzene rings is 1. The van der Waals surface area contributed by atoms with E-state index in [0.29, 0.717) is 12.1 Å². The molecule has 0 aliphatic heterocycles. The molecular weight excluding hydrogens is 318 g/mol. The molecule has 0 spiro atoms. The highest BCUT2D eigenvalue weighted by atomic mass is 32.2. The maximum atomic E-state index is 13.0. The van der Waals surface area contributed by atoms with E-state index in [1.165, 1.54) is 0 Å². The molecule has 6 N–H and O–H groups in total. The van der Waals surface area contributed by atoms with Gasteiger partial charge < -0.3 is 17.2 Å². The minimum Gasteiger partial charge on any atom is -0.370 e. The maximum Gasteiger partial charge on any atom is 0.501 e. The minimum absolute atomic E-state index is 0.171. The molecular formula is C9H9F4N5O2S. The summed E-state index contributed by atoms with van der Waals surface area (Å²) < 4.78 is 73.3. The first kappa shape index (κ1) is 16.7. The largest absolute Gasteiger partial charge is 0.501 e. The summed E-state index contributed by atoms with van der Waals surface area (Å²) in [5, 5.41) is 0. The van der Waals surface area contributed by atoms with Gasteiger partial charge in [0.15, 0.2) is 5.96 Å². The number of alkyl halides is 3. The number of hydrogen-bond acceptors (Lipinski definition) is 3. The fourth-order valence-corrected chi connectivity index (χ4v) is 2.11. The van der Waals surface area contributed by atoms with Crippen molar-refractivity contribution in [1.82, 2.24) is 0 Å². The standard InChI is InChI=1S/C9H9F4N5O2S/c10-4-1-2-5(17-8(16)18-7(14)15)6(3-4)21(19,20)9(11,12)13/h1-3H,(H6,14,15,16,17,18). The lowest BCUT2D eigenvalue weighted by Gasteiger charge is -2.10. The third-order valence-corrected chi connectivity index (χ3v) is 3.51. The molecule has 0 saturated carbocycles. The highest BCUT2D eigenvalue weighted by Crippen LogP contribution is 2.35. The monoisotopic (exact) mass is 327 g/mol. The molecule has 12 heteroatoms. The van der Waals surface area contributed by atoms with Gasteiger partial charge in [-0.3, -0.25) is 0 Å². The highest BCUT2D eigenvalue weighted by molar-refractivity contribution is 7.92. The van der Waals surface area contributed by atoms with Gasteiger partial charge in [-0.2, -0.15) is 18.2 Å². The van der Waals surface area contributed by atoms with Gasteiger partial charge in [0.05, 0.1) is 5.69 Å². The number of nitrogens with two attached hydrogens (primary N) is 3. The van der Waals surface area contributed by atoms with Crippen LogP contribution in [0, 0.1) is 5.82 Å². The Morgan fingerprint density at radius 1 is 1.14 bits per heavy atom. The van der Waals surface area contributed by atoms with Crippen molar-refractivity contribution in [1.29, 1.82) is 0 Å². The number of aliphatic imine (C=N–C) groups is 2. The summed E-state index contributed by atoms with van der Waals surface area (Å²) in [6.45, 7) is 0. The number of halogens is 4. The molecule has 0 amide bonds. The van der Waals surface area contributed by atoms with Crippen LogP contribution in [0.1, 0.15) is 0 Å². The van der Waals surface area contributed by atoms with Crippen LogP contribution in [0.2, 0.25) is 0 Å². The van der Waals surface area contributed by atoms with E-state index in [0.717, 1.165) is 0 Å². The van der Waals surface area contributed by atoms with Crippen LogP contribution in [0.25, 0.3) is 0 Å². The van der Waals surface area contributed by atoms with Gasteiger partial charge in [-0.15, -0.1) is 0 Å². The molecule has 0 aromatic heterocycles. The fraction of sp³-hybridized carbons (Fsp3) is 0.111. The van der Waals surface area contributed by atoms with Gasteiger partial charge in [0.25, 0.3) is 9.84 Å². The van der Waals surface area contributed by atoms with Crippen molar-refractivity contribution in [2.75, 3.05) is 0 Å². The number of sulfone groups is 1. The zero-order valence-corrected chi connectivity index (χ0v) is 10.9. The highest BCUT2D eigenvalue weighted by Gasteiger charge is 2.48. The summed E-state index contributed by atoms with van der Waals surface area (Å²) in [6, 6.07) is 1.57. The second-order valence-electron chi connectivity index (χ2n) is 3.57. The summed E-state index contributed by atoms with van der Waals surface area (Å²) in [4.78, 5) is 5.13. The molecule has 0 saturated heterocycles. The van der Waals surface area contributed by atoms with Gasteiger partial charge in [-0.1, -0.05) is 0 Å². The average Bonchev–Trinajstić information content (AvgIpc) is 2.28. The molecule has 0 radical (unpaired) electrons. The van der Waals surface area contributed by atoms with Crippen molar-refractivity contribution in [2.45, 2.75) is 10.4 Å². The summed E-state index contributed by atoms with van der Waals surface area (Å²) in [7, 11) is -5.82. The van der Waals surface area contributed by atoms with Crippen molar-refractivity contribution in [2.24, 2.45) is 27.2 Å². The Labute approximate surface area is 116 Å². The van der Waals surface area contributed by atoms with Crippen LogP contribution in [0.4, 0.5) is 23.2 Å². The normalized spacial score (nSPS) is 13.0. The van der Waals surface area contributed by atoms with Crippen LogP contribution >= 0.6 is 0 Å². The lowest BCUT2D eigenvalue weighted by molar-refractivity contribution is -0.0435. The van der Waals surface area contributed by atoms with E-state index in [1.807, 2.05) is 0 Å². The molecule has 0 heterocycles. The Kier molecular flexibility index (Phi) is 4.41. The van der Waals surface area contributed by atoms with Gasteiger partial charge in [-0.25, -0.2) is 17.8 Å². The van der Waals surface area contributed by atoms with E-state index < -0.39 is 43.7 Å². The van der Waals surface area contributed by atoms with Crippen LogP contribution in [0.5, 0.6) is 0 Å². The fourth-order valence-electron chi connectivity index (χ4n) is 1.20. The van der Waals surface area contributed by atoms with Gasteiger partial charge >= 0.3 is 5.51 Å². The van der Waals surface area contributed by atoms with E-state index in [1.54, 1.807) is 0 Å². The van der Waals surface area contributed by atoms with Crippen molar-refractivity contribution in [3.8, 4) is 0 Å². The number of nitrogens with zero attached hydrogens (tertiary/aromatic N) is 2. The zero-order valence-electron chi connectivity index (χ0n) is 10.1. The number of guanidine groups is 2. The molecule has 1 aromatic carbocycles. The van der Waals surface area contributed by atoms with E-state index in [-0.39, 0.29) is 6.07 Å². The van der Waals surface area contributed by atoms with Crippen LogP contribution in [0.3, 0.4) is 0 Å².